The molecule has 1 aliphatic rings. The summed E-state index contributed by atoms with van der Waals surface area (Å²) < 4.78 is 42.4. The molecule has 1 aliphatic heterocycles. The number of ether oxygens (including phenoxy) is 1. The molecule has 0 bridgehead atoms. The number of benzene rings is 1. The summed E-state index contributed by atoms with van der Waals surface area (Å²) in [5.74, 6) is -0.295. The number of hydrogen-bond donors (Lipinski definition) is 1. The van der Waals surface area contributed by atoms with Crippen molar-refractivity contribution in [3.63, 3.8) is 0 Å². The Kier molecular flexibility index (Phi) is 4.65. The van der Waals surface area contributed by atoms with E-state index in [-0.39, 0.29) is 10.6 Å². The fraction of sp³-hybridized carbons (Fsp3) is 0.571. The van der Waals surface area contributed by atoms with E-state index >= 15 is 0 Å². The van der Waals surface area contributed by atoms with Gasteiger partial charge < -0.3 is 10.1 Å². The quantitative estimate of drug-likeness (QED) is 0.921. The lowest BCUT2D eigenvalue weighted by Gasteiger charge is -2.23. The van der Waals surface area contributed by atoms with Crippen LogP contribution in [-0.4, -0.2) is 34.9 Å². The summed E-state index contributed by atoms with van der Waals surface area (Å²) in [5, 5.41) is 3.31. The van der Waals surface area contributed by atoms with Crippen LogP contribution in [0.4, 0.5) is 4.39 Å². The Morgan fingerprint density at radius 2 is 2.20 bits per heavy atom. The third kappa shape index (κ3) is 3.30. The summed E-state index contributed by atoms with van der Waals surface area (Å²) in [6.45, 7) is 1.92. The summed E-state index contributed by atoms with van der Waals surface area (Å²) >= 11 is 0. The van der Waals surface area contributed by atoms with Crippen molar-refractivity contribution in [1.29, 1.82) is 0 Å². The van der Waals surface area contributed by atoms with Crippen LogP contribution < -0.4 is 10.1 Å². The van der Waals surface area contributed by atoms with E-state index in [4.69, 9.17) is 4.74 Å². The number of piperidine rings is 1. The van der Waals surface area contributed by atoms with Crippen LogP contribution in [0.1, 0.15) is 18.4 Å². The summed E-state index contributed by atoms with van der Waals surface area (Å²) in [4.78, 5) is -0.306. The highest BCUT2D eigenvalue weighted by atomic mass is 32.2. The zero-order valence-electron chi connectivity index (χ0n) is 11.8. The Labute approximate surface area is 119 Å². The van der Waals surface area contributed by atoms with Crippen LogP contribution >= 0.6 is 0 Å². The first-order valence-corrected chi connectivity index (χ1v) is 8.58. The summed E-state index contributed by atoms with van der Waals surface area (Å²) in [6.07, 6.45) is 3.88. The van der Waals surface area contributed by atoms with Gasteiger partial charge in [0.25, 0.3) is 0 Å². The smallest absolute Gasteiger partial charge is 0.183 e. The first-order chi connectivity index (χ1) is 9.43. The minimum Gasteiger partial charge on any atom is -0.493 e. The van der Waals surface area contributed by atoms with Gasteiger partial charge in [0.15, 0.2) is 21.4 Å². The second-order valence-corrected chi connectivity index (χ2v) is 7.24. The van der Waals surface area contributed by atoms with Crippen molar-refractivity contribution in [3.8, 4) is 5.75 Å². The molecule has 1 atom stereocenters. The molecule has 1 N–H and O–H groups in total. The van der Waals surface area contributed by atoms with Gasteiger partial charge in [0.2, 0.25) is 0 Å². The molecule has 1 fully saturated rings. The van der Waals surface area contributed by atoms with E-state index < -0.39 is 15.7 Å². The fourth-order valence-corrected chi connectivity index (χ4v) is 3.39. The molecule has 2 rings (SSSR count). The van der Waals surface area contributed by atoms with Crippen molar-refractivity contribution in [1.82, 2.24) is 5.32 Å². The van der Waals surface area contributed by atoms with E-state index in [9.17, 15) is 12.8 Å². The third-order valence-electron chi connectivity index (χ3n) is 3.65. The second-order valence-electron chi connectivity index (χ2n) is 5.26. The van der Waals surface area contributed by atoms with Gasteiger partial charge in [0.1, 0.15) is 4.90 Å². The maximum absolute atomic E-state index is 14.3. The Bertz CT molecular complexity index is 580. The van der Waals surface area contributed by atoms with Gasteiger partial charge in [-0.2, -0.15) is 0 Å². The van der Waals surface area contributed by atoms with Crippen LogP contribution in [0.15, 0.2) is 17.0 Å². The van der Waals surface area contributed by atoms with Gasteiger partial charge >= 0.3 is 0 Å². The highest BCUT2D eigenvalue weighted by Gasteiger charge is 2.22. The lowest BCUT2D eigenvalue weighted by Crippen LogP contribution is -2.31. The van der Waals surface area contributed by atoms with Gasteiger partial charge in [-0.15, -0.1) is 0 Å². The maximum atomic E-state index is 14.3. The molecule has 1 unspecified atom stereocenters. The molecule has 1 heterocycles. The Balaban J connectivity index is 2.32. The molecule has 0 amide bonds. The van der Waals surface area contributed by atoms with Gasteiger partial charge in [-0.05, 0) is 49.9 Å². The highest BCUT2D eigenvalue weighted by Crippen LogP contribution is 2.31. The summed E-state index contributed by atoms with van der Waals surface area (Å²) in [6, 6.07) is 2.99. The van der Waals surface area contributed by atoms with Gasteiger partial charge in [0, 0.05) is 6.26 Å². The largest absolute Gasteiger partial charge is 0.493 e. The number of halogens is 1. The molecule has 6 heteroatoms. The number of hydrogen-bond acceptors (Lipinski definition) is 4. The first kappa shape index (κ1) is 15.3. The molecule has 1 aromatic carbocycles. The normalized spacial score (nSPS) is 19.9. The summed E-state index contributed by atoms with van der Waals surface area (Å²) in [5.41, 5.74) is 0.728. The van der Waals surface area contributed by atoms with Crippen LogP contribution in [0.2, 0.25) is 0 Å². The molecule has 0 aromatic heterocycles. The van der Waals surface area contributed by atoms with Crippen molar-refractivity contribution in [2.75, 3.05) is 26.5 Å². The predicted octanol–water partition coefficient (Wildman–Crippen LogP) is 1.78. The minimum absolute atomic E-state index is 0.0542. The van der Waals surface area contributed by atoms with E-state index in [0.717, 1.165) is 37.8 Å². The Morgan fingerprint density at radius 1 is 1.45 bits per heavy atom. The maximum Gasteiger partial charge on any atom is 0.183 e. The molecule has 112 valence electrons. The predicted molar refractivity (Wildman–Crippen MR) is 75.4 cm³/mol. The zero-order valence-corrected chi connectivity index (χ0v) is 12.6. The zero-order chi connectivity index (χ0) is 14.8. The van der Waals surface area contributed by atoms with Gasteiger partial charge in [-0.1, -0.05) is 6.07 Å². The molecular weight excluding hydrogens is 281 g/mol. The van der Waals surface area contributed by atoms with E-state index in [0.29, 0.717) is 12.3 Å². The fourth-order valence-electron chi connectivity index (χ4n) is 2.66. The van der Waals surface area contributed by atoms with Gasteiger partial charge in [-0.3, -0.25) is 0 Å². The molecule has 4 nitrogen and oxygen atoms in total. The molecule has 1 aromatic rings. The Morgan fingerprint density at radius 3 is 2.75 bits per heavy atom. The number of nitrogens with one attached hydrogen (secondary N) is 1. The van der Waals surface area contributed by atoms with Gasteiger partial charge in [0.05, 0.1) is 7.11 Å². The lowest BCUT2D eigenvalue weighted by molar-refractivity contribution is 0.351. The number of methoxy groups -OCH3 is 1. The highest BCUT2D eigenvalue weighted by molar-refractivity contribution is 7.90. The molecule has 0 spiro atoms. The topological polar surface area (TPSA) is 55.4 Å². The van der Waals surface area contributed by atoms with Crippen molar-refractivity contribution in [2.45, 2.75) is 24.2 Å². The lowest BCUT2D eigenvalue weighted by atomic mass is 9.92. The van der Waals surface area contributed by atoms with Crippen molar-refractivity contribution in [3.05, 3.63) is 23.5 Å². The van der Waals surface area contributed by atoms with Crippen molar-refractivity contribution < 1.29 is 17.5 Å². The number of sulfone groups is 1. The van der Waals surface area contributed by atoms with Crippen LogP contribution in [-0.2, 0) is 16.3 Å². The molecule has 0 radical (unpaired) electrons. The van der Waals surface area contributed by atoms with E-state index in [1.54, 1.807) is 6.07 Å². The van der Waals surface area contributed by atoms with Crippen molar-refractivity contribution in [2.24, 2.45) is 5.92 Å². The molecule has 20 heavy (non-hydrogen) atoms. The summed E-state index contributed by atoms with van der Waals surface area (Å²) in [7, 11) is -2.22. The number of rotatable bonds is 4. The second kappa shape index (κ2) is 6.10. The standard InChI is InChI=1S/C14H20FNO3S/c1-19-14-11(8-10-4-3-7-16-9-10)5-6-12(13(14)15)20(2,17)18/h5-6,10,16H,3-4,7-9H2,1-2H3. The minimum atomic E-state index is -3.58. The average Bonchev–Trinajstić information content (AvgIpc) is 2.39. The monoisotopic (exact) mass is 301 g/mol. The van der Waals surface area contributed by atoms with E-state index in [2.05, 4.69) is 5.32 Å². The van der Waals surface area contributed by atoms with Crippen LogP contribution in [0.3, 0.4) is 0 Å². The average molecular weight is 301 g/mol. The van der Waals surface area contributed by atoms with Crippen LogP contribution in [0.5, 0.6) is 5.75 Å². The molecule has 0 saturated carbocycles. The van der Waals surface area contributed by atoms with Crippen molar-refractivity contribution >= 4 is 9.84 Å². The molecule has 0 aliphatic carbocycles. The SMILES string of the molecule is COc1c(CC2CCCNC2)ccc(S(C)(=O)=O)c1F. The van der Waals surface area contributed by atoms with Gasteiger partial charge in [-0.25, -0.2) is 12.8 Å². The molecule has 1 saturated heterocycles. The van der Waals surface area contributed by atoms with Crippen LogP contribution in [0, 0.1) is 11.7 Å². The third-order valence-corrected chi connectivity index (χ3v) is 4.77. The van der Waals surface area contributed by atoms with Crippen LogP contribution in [0.25, 0.3) is 0 Å². The van der Waals surface area contributed by atoms with E-state index in [1.807, 2.05) is 0 Å². The molecular formula is C14H20FNO3S. The Hall–Kier alpha value is -1.14. The van der Waals surface area contributed by atoms with E-state index in [1.165, 1.54) is 13.2 Å². The first-order valence-electron chi connectivity index (χ1n) is 6.69.